The first-order chi connectivity index (χ1) is 13.0. The van der Waals surface area contributed by atoms with E-state index in [0.29, 0.717) is 6.04 Å². The third-order valence-electron chi connectivity index (χ3n) is 3.87. The van der Waals surface area contributed by atoms with Gasteiger partial charge in [0.15, 0.2) is 0 Å². The molecule has 0 radical (unpaired) electrons. The molecule has 1 aliphatic carbocycles. The SMILES string of the molecule is CC.CC(C)C.CC1=CC=C(CC(C)NCCCc2ccccc2)C=CC1. The van der Waals surface area contributed by atoms with Crippen LogP contribution in [0.3, 0.4) is 0 Å². The van der Waals surface area contributed by atoms with Crippen molar-refractivity contribution in [2.75, 3.05) is 6.54 Å². The summed E-state index contributed by atoms with van der Waals surface area (Å²) in [5.41, 5.74) is 4.29. The number of hydrogen-bond acceptors (Lipinski definition) is 1. The third kappa shape index (κ3) is 15.2. The minimum atomic E-state index is 0.531. The van der Waals surface area contributed by atoms with Gasteiger partial charge in [0.05, 0.1) is 0 Å². The Labute approximate surface area is 169 Å². The van der Waals surface area contributed by atoms with E-state index in [4.69, 9.17) is 0 Å². The van der Waals surface area contributed by atoms with Crippen molar-refractivity contribution >= 4 is 0 Å². The summed E-state index contributed by atoms with van der Waals surface area (Å²) in [6.07, 6.45) is 13.6. The molecule has 1 aromatic rings. The van der Waals surface area contributed by atoms with Crippen LogP contribution in [0.25, 0.3) is 0 Å². The van der Waals surface area contributed by atoms with Crippen LogP contribution in [-0.2, 0) is 6.42 Å². The monoisotopic (exact) mass is 369 g/mol. The fourth-order valence-corrected chi connectivity index (χ4v) is 2.62. The maximum atomic E-state index is 3.64. The quantitative estimate of drug-likeness (QED) is 0.490. The van der Waals surface area contributed by atoms with Gasteiger partial charge in [0.2, 0.25) is 0 Å². The van der Waals surface area contributed by atoms with E-state index in [2.05, 4.69) is 94.6 Å². The summed E-state index contributed by atoms with van der Waals surface area (Å²) in [5, 5.41) is 3.64. The maximum Gasteiger partial charge on any atom is 0.00791 e. The molecule has 1 nitrogen and oxygen atoms in total. The van der Waals surface area contributed by atoms with Crippen molar-refractivity contribution in [1.29, 1.82) is 0 Å². The Morgan fingerprint density at radius 1 is 0.963 bits per heavy atom. The third-order valence-corrected chi connectivity index (χ3v) is 3.87. The zero-order chi connectivity index (χ0) is 20.5. The van der Waals surface area contributed by atoms with Crippen molar-refractivity contribution < 1.29 is 0 Å². The predicted molar refractivity (Wildman–Crippen MR) is 124 cm³/mol. The lowest BCUT2D eigenvalue weighted by Gasteiger charge is -2.14. The highest BCUT2D eigenvalue weighted by atomic mass is 14.9. The van der Waals surface area contributed by atoms with Gasteiger partial charge in [0.1, 0.15) is 0 Å². The molecular formula is C26H43N. The summed E-state index contributed by atoms with van der Waals surface area (Å²) in [7, 11) is 0. The molecule has 1 heteroatoms. The fourth-order valence-electron chi connectivity index (χ4n) is 2.62. The molecular weight excluding hydrogens is 326 g/mol. The normalized spacial score (nSPS) is 14.1. The van der Waals surface area contributed by atoms with Crippen LogP contribution in [0, 0.1) is 5.92 Å². The van der Waals surface area contributed by atoms with Crippen LogP contribution < -0.4 is 5.32 Å². The van der Waals surface area contributed by atoms with Gasteiger partial charge in [0.25, 0.3) is 0 Å². The van der Waals surface area contributed by atoms with E-state index in [1.165, 1.54) is 23.1 Å². The molecule has 0 aromatic heterocycles. The smallest absolute Gasteiger partial charge is 0.00791 e. The molecule has 27 heavy (non-hydrogen) atoms. The minimum absolute atomic E-state index is 0.531. The molecule has 152 valence electrons. The standard InChI is InChI=1S/C20H27N.C4H10.C2H6/c1-17-8-6-11-20(14-13-17)16-18(2)21-15-7-12-19-9-4-3-5-10-19;1-4(2)3;1-2/h3-6,9-11,13-14,18,21H,7-8,12,15-16H2,1-2H3;4H,1-3H3;1-2H3. The van der Waals surface area contributed by atoms with Gasteiger partial charge in [-0.25, -0.2) is 0 Å². The number of hydrogen-bond donors (Lipinski definition) is 1. The van der Waals surface area contributed by atoms with Crippen LogP contribution >= 0.6 is 0 Å². The molecule has 0 amide bonds. The molecule has 1 atom stereocenters. The first-order valence-electron chi connectivity index (χ1n) is 10.8. The highest BCUT2D eigenvalue weighted by Crippen LogP contribution is 2.14. The number of aryl methyl sites for hydroxylation is 1. The molecule has 0 saturated heterocycles. The molecule has 0 heterocycles. The van der Waals surface area contributed by atoms with Crippen LogP contribution in [0.15, 0.2) is 65.8 Å². The first kappa shape index (κ1) is 25.4. The Hall–Kier alpha value is -1.60. The molecule has 1 N–H and O–H groups in total. The largest absolute Gasteiger partial charge is 0.314 e. The van der Waals surface area contributed by atoms with Gasteiger partial charge in [-0.1, -0.05) is 94.8 Å². The molecule has 0 saturated carbocycles. The Balaban J connectivity index is 0.000000998. The van der Waals surface area contributed by atoms with Crippen molar-refractivity contribution in [3.05, 3.63) is 71.3 Å². The lowest BCUT2D eigenvalue weighted by atomic mass is 10.1. The van der Waals surface area contributed by atoms with E-state index < -0.39 is 0 Å². The van der Waals surface area contributed by atoms with E-state index in [0.717, 1.165) is 31.7 Å². The second-order valence-corrected chi connectivity index (χ2v) is 7.74. The van der Waals surface area contributed by atoms with E-state index in [-0.39, 0.29) is 0 Å². The highest BCUT2D eigenvalue weighted by molar-refractivity contribution is 5.30. The van der Waals surface area contributed by atoms with E-state index in [1.807, 2.05) is 13.8 Å². The second-order valence-electron chi connectivity index (χ2n) is 7.74. The predicted octanol–water partition coefficient (Wildman–Crippen LogP) is 7.51. The van der Waals surface area contributed by atoms with Crippen molar-refractivity contribution in [3.8, 4) is 0 Å². The first-order valence-corrected chi connectivity index (χ1v) is 10.8. The molecule has 1 aromatic carbocycles. The molecule has 0 aliphatic heterocycles. The van der Waals surface area contributed by atoms with Gasteiger partial charge in [0, 0.05) is 6.04 Å². The Kier molecular flexibility index (Phi) is 15.6. The van der Waals surface area contributed by atoms with Crippen molar-refractivity contribution in [2.45, 2.75) is 80.2 Å². The molecule has 1 unspecified atom stereocenters. The van der Waals surface area contributed by atoms with E-state index in [9.17, 15) is 0 Å². The second kappa shape index (κ2) is 16.6. The van der Waals surface area contributed by atoms with Gasteiger partial charge in [-0.15, -0.1) is 0 Å². The zero-order valence-corrected chi connectivity index (χ0v) is 18.9. The maximum absolute atomic E-state index is 3.64. The van der Waals surface area contributed by atoms with E-state index in [1.54, 1.807) is 0 Å². The number of benzene rings is 1. The Bertz CT molecular complexity index is 546. The highest BCUT2D eigenvalue weighted by Gasteiger charge is 2.04. The average Bonchev–Trinajstić information content (AvgIpc) is 2.85. The van der Waals surface area contributed by atoms with Crippen LogP contribution in [0.4, 0.5) is 0 Å². The topological polar surface area (TPSA) is 12.0 Å². The van der Waals surface area contributed by atoms with Crippen molar-refractivity contribution in [3.63, 3.8) is 0 Å². The van der Waals surface area contributed by atoms with Crippen LogP contribution in [-0.4, -0.2) is 12.6 Å². The Morgan fingerprint density at radius 2 is 1.59 bits per heavy atom. The minimum Gasteiger partial charge on any atom is -0.314 e. The summed E-state index contributed by atoms with van der Waals surface area (Å²) < 4.78 is 0. The van der Waals surface area contributed by atoms with Gasteiger partial charge in [-0.2, -0.15) is 0 Å². The summed E-state index contributed by atoms with van der Waals surface area (Å²) in [4.78, 5) is 0. The number of rotatable bonds is 7. The summed E-state index contributed by atoms with van der Waals surface area (Å²) in [6, 6.07) is 11.3. The van der Waals surface area contributed by atoms with Crippen molar-refractivity contribution in [2.24, 2.45) is 5.92 Å². The van der Waals surface area contributed by atoms with Crippen LogP contribution in [0.5, 0.6) is 0 Å². The number of nitrogens with one attached hydrogen (secondary N) is 1. The van der Waals surface area contributed by atoms with Crippen molar-refractivity contribution in [1.82, 2.24) is 5.32 Å². The average molecular weight is 370 g/mol. The summed E-state index contributed by atoms with van der Waals surface area (Å²) in [6.45, 7) is 16.1. The zero-order valence-electron chi connectivity index (χ0n) is 18.9. The molecule has 0 spiro atoms. The van der Waals surface area contributed by atoms with Gasteiger partial charge >= 0.3 is 0 Å². The summed E-state index contributed by atoms with van der Waals surface area (Å²) >= 11 is 0. The van der Waals surface area contributed by atoms with Gasteiger partial charge in [-0.05, 0) is 63.1 Å². The molecule has 2 rings (SSSR count). The lowest BCUT2D eigenvalue weighted by Crippen LogP contribution is -2.27. The molecule has 1 aliphatic rings. The fraction of sp³-hybridized carbons (Fsp3) is 0.538. The van der Waals surface area contributed by atoms with Crippen LogP contribution in [0.1, 0.15) is 73.3 Å². The van der Waals surface area contributed by atoms with Crippen LogP contribution in [0.2, 0.25) is 0 Å². The number of allylic oxidation sites excluding steroid dienone is 5. The lowest BCUT2D eigenvalue weighted by molar-refractivity contribution is 0.535. The summed E-state index contributed by atoms with van der Waals surface area (Å²) in [5.74, 6) is 0.833. The molecule has 0 fully saturated rings. The Morgan fingerprint density at radius 3 is 2.22 bits per heavy atom. The van der Waals surface area contributed by atoms with E-state index >= 15 is 0 Å². The molecule has 0 bridgehead atoms. The van der Waals surface area contributed by atoms with Gasteiger partial charge < -0.3 is 5.32 Å². The van der Waals surface area contributed by atoms with Gasteiger partial charge in [-0.3, -0.25) is 0 Å².